The van der Waals surface area contributed by atoms with Gasteiger partial charge in [-0.2, -0.15) is 0 Å². The number of carbonyl (C=O) groups is 3. The van der Waals surface area contributed by atoms with E-state index >= 15 is 0 Å². The topological polar surface area (TPSA) is 74.7 Å². The molecule has 0 aromatic carbocycles. The van der Waals surface area contributed by atoms with E-state index in [1.807, 2.05) is 0 Å². The Labute approximate surface area is 105 Å². The van der Waals surface area contributed by atoms with E-state index < -0.39 is 11.4 Å². The molecule has 2 aliphatic carbocycles. The molecule has 1 saturated heterocycles. The van der Waals surface area contributed by atoms with Gasteiger partial charge in [-0.3, -0.25) is 19.3 Å². The summed E-state index contributed by atoms with van der Waals surface area (Å²) in [6.07, 6.45) is 2.69. The van der Waals surface area contributed by atoms with Crippen LogP contribution in [-0.4, -0.2) is 34.3 Å². The summed E-state index contributed by atoms with van der Waals surface area (Å²) in [5, 5.41) is 9.13. The Kier molecular flexibility index (Phi) is 2.31. The number of aliphatic carboxylic acids is 1. The van der Waals surface area contributed by atoms with Crippen LogP contribution >= 0.6 is 0 Å². The Balaban J connectivity index is 1.78. The number of amides is 2. The van der Waals surface area contributed by atoms with Crippen LogP contribution < -0.4 is 0 Å². The third-order valence-electron chi connectivity index (χ3n) is 4.73. The largest absolute Gasteiger partial charge is 0.481 e. The number of hydrogen-bond acceptors (Lipinski definition) is 3. The molecule has 3 fully saturated rings. The molecular formula is C13H17NO4. The second kappa shape index (κ2) is 3.56. The molecule has 2 amide bonds. The summed E-state index contributed by atoms with van der Waals surface area (Å²) in [5.41, 5.74) is -0.838. The molecule has 2 unspecified atom stereocenters. The molecule has 5 heteroatoms. The zero-order valence-corrected chi connectivity index (χ0v) is 10.4. The summed E-state index contributed by atoms with van der Waals surface area (Å²) in [6.45, 7) is 2.14. The molecule has 2 atom stereocenters. The van der Waals surface area contributed by atoms with E-state index in [0.717, 1.165) is 12.8 Å². The van der Waals surface area contributed by atoms with Crippen LogP contribution in [0.1, 0.15) is 32.6 Å². The van der Waals surface area contributed by atoms with E-state index in [0.29, 0.717) is 18.8 Å². The molecule has 3 rings (SSSR count). The van der Waals surface area contributed by atoms with Gasteiger partial charge in [0.1, 0.15) is 0 Å². The van der Waals surface area contributed by atoms with Crippen molar-refractivity contribution in [1.82, 2.24) is 4.90 Å². The highest BCUT2D eigenvalue weighted by atomic mass is 16.4. The molecule has 0 aromatic rings. The fraction of sp³-hybridized carbons (Fsp3) is 0.769. The van der Waals surface area contributed by atoms with E-state index in [-0.39, 0.29) is 30.2 Å². The van der Waals surface area contributed by atoms with E-state index in [9.17, 15) is 14.4 Å². The number of fused-ring (bicyclic) bond motifs is 1. The van der Waals surface area contributed by atoms with Gasteiger partial charge in [0.05, 0.1) is 17.3 Å². The van der Waals surface area contributed by atoms with Crippen molar-refractivity contribution in [1.29, 1.82) is 0 Å². The highest BCUT2D eigenvalue weighted by molar-refractivity contribution is 6.06. The van der Waals surface area contributed by atoms with E-state index in [2.05, 4.69) is 6.92 Å². The Morgan fingerprint density at radius 1 is 1.28 bits per heavy atom. The van der Waals surface area contributed by atoms with Crippen molar-refractivity contribution in [3.63, 3.8) is 0 Å². The first-order chi connectivity index (χ1) is 8.44. The van der Waals surface area contributed by atoms with Crippen molar-refractivity contribution in [3.05, 3.63) is 0 Å². The van der Waals surface area contributed by atoms with Crippen molar-refractivity contribution in [3.8, 4) is 0 Å². The molecule has 1 aliphatic heterocycles. The minimum Gasteiger partial charge on any atom is -0.481 e. The molecule has 0 radical (unpaired) electrons. The number of nitrogens with zero attached hydrogens (tertiary/aromatic N) is 1. The Bertz CT molecular complexity index is 416. The predicted molar refractivity (Wildman–Crippen MR) is 61.4 cm³/mol. The van der Waals surface area contributed by atoms with Gasteiger partial charge in [-0.25, -0.2) is 0 Å². The standard InChI is InChI=1S/C13H17NO4/c1-7-4-8-9(5-7)11(16)14(10(8)15)6-13(2-3-13)12(17)18/h7-9H,2-6H2,1H3,(H,17,18). The molecule has 18 heavy (non-hydrogen) atoms. The van der Waals surface area contributed by atoms with Crippen molar-refractivity contribution in [2.45, 2.75) is 32.6 Å². The number of hydrogen-bond donors (Lipinski definition) is 1. The maximum absolute atomic E-state index is 12.2. The first-order valence-corrected chi connectivity index (χ1v) is 6.53. The average Bonchev–Trinajstić information content (AvgIpc) is 2.96. The average molecular weight is 251 g/mol. The fourth-order valence-corrected chi connectivity index (χ4v) is 3.40. The van der Waals surface area contributed by atoms with Crippen molar-refractivity contribution in [2.24, 2.45) is 23.2 Å². The summed E-state index contributed by atoms with van der Waals surface area (Å²) >= 11 is 0. The summed E-state index contributed by atoms with van der Waals surface area (Å²) in [5.74, 6) is -1.10. The zero-order chi connectivity index (χ0) is 13.1. The second-order valence-corrected chi connectivity index (χ2v) is 6.14. The fourth-order valence-electron chi connectivity index (χ4n) is 3.40. The maximum Gasteiger partial charge on any atom is 0.311 e. The van der Waals surface area contributed by atoms with Gasteiger partial charge in [0.25, 0.3) is 0 Å². The van der Waals surface area contributed by atoms with E-state index in [1.165, 1.54) is 4.90 Å². The molecule has 5 nitrogen and oxygen atoms in total. The number of likely N-dealkylation sites (tertiary alicyclic amines) is 1. The zero-order valence-electron chi connectivity index (χ0n) is 10.4. The number of rotatable bonds is 3. The van der Waals surface area contributed by atoms with Crippen LogP contribution in [0.25, 0.3) is 0 Å². The van der Waals surface area contributed by atoms with Crippen LogP contribution in [0.2, 0.25) is 0 Å². The number of carbonyl (C=O) groups excluding carboxylic acids is 2. The number of carboxylic acids is 1. The Morgan fingerprint density at radius 3 is 2.17 bits per heavy atom. The van der Waals surface area contributed by atoms with Crippen LogP contribution in [-0.2, 0) is 14.4 Å². The quantitative estimate of drug-likeness (QED) is 0.756. The van der Waals surface area contributed by atoms with Gasteiger partial charge in [0, 0.05) is 6.54 Å². The summed E-state index contributed by atoms with van der Waals surface area (Å²) in [4.78, 5) is 36.7. The first kappa shape index (κ1) is 11.7. The smallest absolute Gasteiger partial charge is 0.311 e. The molecule has 2 saturated carbocycles. The minimum absolute atomic E-state index is 0.0847. The third kappa shape index (κ3) is 1.49. The molecule has 0 bridgehead atoms. The third-order valence-corrected chi connectivity index (χ3v) is 4.73. The molecule has 1 heterocycles. The second-order valence-electron chi connectivity index (χ2n) is 6.14. The van der Waals surface area contributed by atoms with Gasteiger partial charge in [-0.05, 0) is 31.6 Å². The molecule has 98 valence electrons. The van der Waals surface area contributed by atoms with Gasteiger partial charge in [-0.15, -0.1) is 0 Å². The lowest BCUT2D eigenvalue weighted by atomic mass is 10.00. The maximum atomic E-state index is 12.2. The highest BCUT2D eigenvalue weighted by Gasteiger charge is 2.58. The van der Waals surface area contributed by atoms with E-state index in [1.54, 1.807) is 0 Å². The molecule has 3 aliphatic rings. The van der Waals surface area contributed by atoms with Gasteiger partial charge in [0.2, 0.25) is 11.8 Å². The summed E-state index contributed by atoms with van der Waals surface area (Å²) in [7, 11) is 0. The Morgan fingerprint density at radius 2 is 1.78 bits per heavy atom. The molecule has 1 N–H and O–H groups in total. The normalized spacial score (nSPS) is 36.9. The number of carboxylic acid groups (broad SMARTS) is 1. The van der Waals surface area contributed by atoms with Gasteiger partial charge in [-0.1, -0.05) is 6.92 Å². The van der Waals surface area contributed by atoms with Crippen molar-refractivity contribution < 1.29 is 19.5 Å². The van der Waals surface area contributed by atoms with Crippen LogP contribution in [0.4, 0.5) is 0 Å². The Hall–Kier alpha value is -1.39. The van der Waals surface area contributed by atoms with Crippen LogP contribution in [0, 0.1) is 23.2 Å². The lowest BCUT2D eigenvalue weighted by Gasteiger charge is -2.20. The van der Waals surface area contributed by atoms with Crippen LogP contribution in [0.5, 0.6) is 0 Å². The van der Waals surface area contributed by atoms with Crippen molar-refractivity contribution >= 4 is 17.8 Å². The van der Waals surface area contributed by atoms with Gasteiger partial charge < -0.3 is 5.11 Å². The first-order valence-electron chi connectivity index (χ1n) is 6.53. The van der Waals surface area contributed by atoms with Gasteiger partial charge in [0.15, 0.2) is 0 Å². The monoisotopic (exact) mass is 251 g/mol. The SMILES string of the molecule is CC1CC2C(=O)N(CC3(C(=O)O)CC3)C(=O)C2C1. The highest BCUT2D eigenvalue weighted by Crippen LogP contribution is 2.49. The minimum atomic E-state index is -0.881. The molecule has 0 aromatic heterocycles. The summed E-state index contributed by atoms with van der Waals surface area (Å²) < 4.78 is 0. The lowest BCUT2D eigenvalue weighted by molar-refractivity contribution is -0.147. The number of imide groups is 1. The molecular weight excluding hydrogens is 234 g/mol. The predicted octanol–water partition coefficient (Wildman–Crippen LogP) is 0.882. The van der Waals surface area contributed by atoms with Gasteiger partial charge >= 0.3 is 5.97 Å². The van der Waals surface area contributed by atoms with Crippen LogP contribution in [0.15, 0.2) is 0 Å². The van der Waals surface area contributed by atoms with Crippen LogP contribution in [0.3, 0.4) is 0 Å². The lowest BCUT2D eigenvalue weighted by Crippen LogP contribution is -2.39. The van der Waals surface area contributed by atoms with Crippen molar-refractivity contribution in [2.75, 3.05) is 6.54 Å². The van der Waals surface area contributed by atoms with E-state index in [4.69, 9.17) is 5.11 Å². The summed E-state index contributed by atoms with van der Waals surface area (Å²) in [6, 6.07) is 0. The molecule has 0 spiro atoms.